The van der Waals surface area contributed by atoms with Gasteiger partial charge in [0.25, 0.3) is 0 Å². The van der Waals surface area contributed by atoms with Crippen molar-refractivity contribution in [2.75, 3.05) is 6.61 Å². The van der Waals surface area contributed by atoms with E-state index < -0.39 is 0 Å². The normalized spacial score (nSPS) is 30.6. The molecule has 3 atom stereocenters. The third kappa shape index (κ3) is 1.93. The number of rotatable bonds is 2. The van der Waals surface area contributed by atoms with Gasteiger partial charge < -0.3 is 9.84 Å². The van der Waals surface area contributed by atoms with Crippen molar-refractivity contribution in [3.8, 4) is 0 Å². The van der Waals surface area contributed by atoms with Crippen molar-refractivity contribution in [2.24, 2.45) is 5.92 Å². The summed E-state index contributed by atoms with van der Waals surface area (Å²) in [5.74, 6) is 0.286. The monoisotopic (exact) mass is 198 g/mol. The van der Waals surface area contributed by atoms with Gasteiger partial charge in [-0.3, -0.25) is 0 Å². The molecule has 1 aromatic rings. The van der Waals surface area contributed by atoms with Crippen LogP contribution in [0.5, 0.6) is 0 Å². The fraction of sp³-hybridized carbons (Fsp3) is 0.600. The summed E-state index contributed by atoms with van der Waals surface area (Å²) in [6, 6.07) is 3.96. The Labute approximate surface area is 82.2 Å². The van der Waals surface area contributed by atoms with E-state index in [0.717, 1.165) is 11.3 Å². The van der Waals surface area contributed by atoms with E-state index in [1.807, 2.05) is 17.5 Å². The molecule has 2 rings (SSSR count). The topological polar surface area (TPSA) is 29.5 Å². The number of aliphatic hydroxyl groups excluding tert-OH is 1. The summed E-state index contributed by atoms with van der Waals surface area (Å²) in [6.45, 7) is 2.75. The molecule has 3 unspecified atom stereocenters. The maximum Gasteiger partial charge on any atom is 0.0932 e. The van der Waals surface area contributed by atoms with Gasteiger partial charge >= 0.3 is 0 Å². The van der Waals surface area contributed by atoms with Gasteiger partial charge in [0.1, 0.15) is 0 Å². The van der Waals surface area contributed by atoms with Crippen LogP contribution in [0.25, 0.3) is 0 Å². The number of ether oxygens (including phenoxy) is 1. The van der Waals surface area contributed by atoms with E-state index in [4.69, 9.17) is 4.74 Å². The summed E-state index contributed by atoms with van der Waals surface area (Å²) in [4.78, 5) is 1.06. The number of aliphatic hydroxyl groups is 1. The molecule has 0 aliphatic carbocycles. The van der Waals surface area contributed by atoms with Crippen LogP contribution in [0.3, 0.4) is 0 Å². The van der Waals surface area contributed by atoms with Gasteiger partial charge in [-0.05, 0) is 24.8 Å². The molecule has 0 radical (unpaired) electrons. The van der Waals surface area contributed by atoms with Gasteiger partial charge in [0.05, 0.1) is 18.8 Å². The van der Waals surface area contributed by atoms with E-state index in [9.17, 15) is 5.11 Å². The molecule has 0 saturated carbocycles. The SMILES string of the molecule is CC1CC(C(O)c2cccs2)CO1. The lowest BCUT2D eigenvalue weighted by molar-refractivity contribution is 0.0822. The number of hydrogen-bond acceptors (Lipinski definition) is 3. The van der Waals surface area contributed by atoms with E-state index in [1.54, 1.807) is 11.3 Å². The van der Waals surface area contributed by atoms with Gasteiger partial charge in [0.15, 0.2) is 0 Å². The molecule has 1 aliphatic rings. The Hall–Kier alpha value is -0.380. The molecule has 3 heteroatoms. The van der Waals surface area contributed by atoms with Crippen LogP contribution in [0, 0.1) is 5.92 Å². The van der Waals surface area contributed by atoms with Crippen LogP contribution in [0.1, 0.15) is 24.3 Å². The highest BCUT2D eigenvalue weighted by Crippen LogP contribution is 2.33. The maximum absolute atomic E-state index is 9.96. The van der Waals surface area contributed by atoms with Crippen molar-refractivity contribution >= 4 is 11.3 Å². The van der Waals surface area contributed by atoms with Crippen LogP contribution < -0.4 is 0 Å². The summed E-state index contributed by atoms with van der Waals surface area (Å²) >= 11 is 1.61. The molecule has 1 aromatic heterocycles. The molecule has 0 amide bonds. The highest BCUT2D eigenvalue weighted by atomic mass is 32.1. The standard InChI is InChI=1S/C10H14O2S/c1-7-5-8(6-12-7)10(11)9-3-2-4-13-9/h2-4,7-8,10-11H,5-6H2,1H3. The number of thiophene rings is 1. The Bertz CT molecular complexity index is 258. The van der Waals surface area contributed by atoms with E-state index in [2.05, 4.69) is 6.92 Å². The highest BCUT2D eigenvalue weighted by molar-refractivity contribution is 7.10. The quantitative estimate of drug-likeness (QED) is 0.789. The molecule has 1 fully saturated rings. The van der Waals surface area contributed by atoms with Gasteiger partial charge in [-0.2, -0.15) is 0 Å². The van der Waals surface area contributed by atoms with Crippen molar-refractivity contribution in [3.63, 3.8) is 0 Å². The third-order valence-electron chi connectivity index (χ3n) is 2.51. The Morgan fingerprint density at radius 2 is 2.54 bits per heavy atom. The molecule has 13 heavy (non-hydrogen) atoms. The Balaban J connectivity index is 2.02. The molecule has 2 heterocycles. The van der Waals surface area contributed by atoms with Crippen LogP contribution in [0.4, 0.5) is 0 Å². The maximum atomic E-state index is 9.96. The lowest BCUT2D eigenvalue weighted by atomic mass is 9.98. The molecule has 1 saturated heterocycles. The summed E-state index contributed by atoms with van der Waals surface area (Å²) in [6.07, 6.45) is 0.948. The molecular formula is C10H14O2S. The average molecular weight is 198 g/mol. The predicted octanol–water partition coefficient (Wildman–Crippen LogP) is 2.21. The van der Waals surface area contributed by atoms with Gasteiger partial charge in [0, 0.05) is 10.8 Å². The minimum atomic E-state index is -0.329. The van der Waals surface area contributed by atoms with E-state index >= 15 is 0 Å². The first-order chi connectivity index (χ1) is 6.27. The third-order valence-corrected chi connectivity index (χ3v) is 3.45. The van der Waals surface area contributed by atoms with E-state index in [1.165, 1.54) is 0 Å². The van der Waals surface area contributed by atoms with E-state index in [-0.39, 0.29) is 12.0 Å². The van der Waals surface area contributed by atoms with Gasteiger partial charge in [-0.25, -0.2) is 0 Å². The van der Waals surface area contributed by atoms with Crippen LogP contribution in [0.2, 0.25) is 0 Å². The zero-order chi connectivity index (χ0) is 9.26. The number of hydrogen-bond donors (Lipinski definition) is 1. The first-order valence-electron chi connectivity index (χ1n) is 4.60. The van der Waals surface area contributed by atoms with Gasteiger partial charge in [0.2, 0.25) is 0 Å². The van der Waals surface area contributed by atoms with Crippen LogP contribution in [-0.4, -0.2) is 17.8 Å². The predicted molar refractivity (Wildman–Crippen MR) is 52.8 cm³/mol. The second kappa shape index (κ2) is 3.78. The van der Waals surface area contributed by atoms with Crippen molar-refractivity contribution in [1.29, 1.82) is 0 Å². The van der Waals surface area contributed by atoms with Crippen LogP contribution in [0.15, 0.2) is 17.5 Å². The molecular weight excluding hydrogens is 184 g/mol. The zero-order valence-electron chi connectivity index (χ0n) is 7.64. The van der Waals surface area contributed by atoms with Gasteiger partial charge in [-0.1, -0.05) is 6.07 Å². The first-order valence-corrected chi connectivity index (χ1v) is 5.48. The van der Waals surface area contributed by atoms with Crippen molar-refractivity contribution in [1.82, 2.24) is 0 Å². The minimum Gasteiger partial charge on any atom is -0.387 e. The van der Waals surface area contributed by atoms with Crippen molar-refractivity contribution in [2.45, 2.75) is 25.6 Å². The molecule has 0 bridgehead atoms. The molecule has 1 N–H and O–H groups in total. The van der Waals surface area contributed by atoms with Crippen LogP contribution in [-0.2, 0) is 4.74 Å². The van der Waals surface area contributed by atoms with E-state index in [0.29, 0.717) is 12.7 Å². The zero-order valence-corrected chi connectivity index (χ0v) is 8.46. The Kier molecular flexibility index (Phi) is 2.67. The van der Waals surface area contributed by atoms with Gasteiger partial charge in [-0.15, -0.1) is 11.3 Å². The Morgan fingerprint density at radius 1 is 1.69 bits per heavy atom. The summed E-state index contributed by atoms with van der Waals surface area (Å²) in [5.41, 5.74) is 0. The molecule has 0 spiro atoms. The highest BCUT2D eigenvalue weighted by Gasteiger charge is 2.29. The second-order valence-electron chi connectivity index (χ2n) is 3.60. The summed E-state index contributed by atoms with van der Waals surface area (Å²) in [5, 5.41) is 12.0. The Morgan fingerprint density at radius 3 is 3.08 bits per heavy atom. The summed E-state index contributed by atoms with van der Waals surface area (Å²) in [7, 11) is 0. The lowest BCUT2D eigenvalue weighted by Gasteiger charge is -2.14. The first kappa shape index (κ1) is 9.19. The fourth-order valence-corrected chi connectivity index (χ4v) is 2.57. The second-order valence-corrected chi connectivity index (χ2v) is 4.58. The van der Waals surface area contributed by atoms with Crippen molar-refractivity contribution < 1.29 is 9.84 Å². The average Bonchev–Trinajstić information content (AvgIpc) is 2.72. The molecule has 2 nitrogen and oxygen atoms in total. The van der Waals surface area contributed by atoms with Crippen molar-refractivity contribution in [3.05, 3.63) is 22.4 Å². The smallest absolute Gasteiger partial charge is 0.0932 e. The largest absolute Gasteiger partial charge is 0.387 e. The lowest BCUT2D eigenvalue weighted by Crippen LogP contribution is -2.11. The molecule has 1 aliphatic heterocycles. The molecule has 72 valence electrons. The molecule has 0 aromatic carbocycles. The minimum absolute atomic E-state index is 0.286. The van der Waals surface area contributed by atoms with Crippen LogP contribution >= 0.6 is 11.3 Å². The fourth-order valence-electron chi connectivity index (χ4n) is 1.76. The summed E-state index contributed by atoms with van der Waals surface area (Å²) < 4.78 is 5.43.